The second-order valence-electron chi connectivity index (χ2n) is 5.61. The maximum atomic E-state index is 12.7. The summed E-state index contributed by atoms with van der Waals surface area (Å²) in [5.41, 5.74) is 3.32. The van der Waals surface area contributed by atoms with E-state index >= 15 is 0 Å². The Balaban J connectivity index is 1.94. The summed E-state index contributed by atoms with van der Waals surface area (Å²) in [6.07, 6.45) is -5.88. The number of carbonyl (C=O) groups excluding carboxylic acids is 1. The quantitative estimate of drug-likeness (QED) is 0.813. The topological polar surface area (TPSA) is 75.6 Å². The lowest BCUT2D eigenvalue weighted by Crippen LogP contribution is -2.42. The van der Waals surface area contributed by atoms with Crippen LogP contribution in [0.25, 0.3) is 11.1 Å². The molecule has 0 bridgehead atoms. The van der Waals surface area contributed by atoms with E-state index in [1.165, 1.54) is 0 Å². The summed E-state index contributed by atoms with van der Waals surface area (Å²) in [5, 5.41) is 8.96. The normalized spacial score (nSPS) is 24.0. The highest BCUT2D eigenvalue weighted by atomic mass is 16.5. The first kappa shape index (κ1) is 9.21. The fourth-order valence-corrected chi connectivity index (χ4v) is 2.97. The van der Waals surface area contributed by atoms with Crippen molar-refractivity contribution in [3.05, 3.63) is 59.7 Å². The van der Waals surface area contributed by atoms with Crippen LogP contribution >= 0.6 is 0 Å². The summed E-state index contributed by atoms with van der Waals surface area (Å²) in [6.45, 7) is -6.97. The Morgan fingerprint density at radius 2 is 1.88 bits per heavy atom. The van der Waals surface area contributed by atoms with Gasteiger partial charge in [0.1, 0.15) is 12.6 Å². The van der Waals surface area contributed by atoms with Gasteiger partial charge in [0, 0.05) is 16.9 Å². The number of rotatable bonds is 6. The van der Waals surface area contributed by atoms with Gasteiger partial charge in [0.2, 0.25) is 0 Å². The minimum Gasteiger partial charge on any atom is -0.480 e. The third-order valence-corrected chi connectivity index (χ3v) is 3.99. The molecule has 26 heavy (non-hydrogen) atoms. The molecular weight excluding hydrogens is 330 g/mol. The Bertz CT molecular complexity index is 1130. The van der Waals surface area contributed by atoms with Crippen LogP contribution in [0.2, 0.25) is 1.41 Å². The molecule has 2 atom stereocenters. The third-order valence-electron chi connectivity index (χ3n) is 3.99. The number of hydrogen-bond donors (Lipinski definition) is 2. The van der Waals surface area contributed by atoms with Gasteiger partial charge in [0.25, 0.3) is 0 Å². The van der Waals surface area contributed by atoms with Crippen molar-refractivity contribution in [1.82, 2.24) is 5.31 Å². The largest absolute Gasteiger partial charge is 0.480 e. The lowest BCUT2D eigenvalue weighted by atomic mass is 9.98. The van der Waals surface area contributed by atoms with Gasteiger partial charge < -0.3 is 15.2 Å². The smallest absolute Gasteiger partial charge is 0.407 e. The molecule has 2 aromatic rings. The van der Waals surface area contributed by atoms with Crippen molar-refractivity contribution in [2.24, 2.45) is 5.89 Å². The van der Waals surface area contributed by atoms with Crippen LogP contribution in [0, 0.1) is 5.89 Å². The minimum atomic E-state index is -4.10. The number of aliphatic carboxylic acids is 1. The number of carbonyl (C=O) groups is 2. The number of fused-ring (bicyclic) bond motifs is 3. The molecule has 0 aliphatic heterocycles. The standard InChI is InChI=1S/C21H23NO4/c1-13(2)11-19(20(23)24)22-21(25)26-12-18-16-9-5-3-7-14(16)15-8-4-6-10-17(15)18/h3-10,13,18-19H,11-12H2,1-2H3,(H,22,25)(H,23,24)/t19-/m0/s1/i1D2,2D3,11D2,13D,19D/hD/t13?,19-. The third kappa shape index (κ3) is 3.72. The number of carboxylic acids is 1. The first-order chi connectivity index (χ1) is 16.5. The van der Waals surface area contributed by atoms with Crippen molar-refractivity contribution in [2.75, 3.05) is 6.61 Å². The highest BCUT2D eigenvalue weighted by molar-refractivity contribution is 5.81. The van der Waals surface area contributed by atoms with Crippen molar-refractivity contribution in [2.45, 2.75) is 32.0 Å². The fraction of sp³-hybridized carbons (Fsp3) is 0.333. The van der Waals surface area contributed by atoms with Gasteiger partial charge in [-0.3, -0.25) is 0 Å². The highest BCUT2D eigenvalue weighted by Crippen LogP contribution is 2.44. The first-order valence-corrected chi connectivity index (χ1v) is 7.75. The minimum absolute atomic E-state index is 0.411. The number of ether oxygens (including phenoxy) is 1. The van der Waals surface area contributed by atoms with E-state index in [0.29, 0.717) is 0 Å². The van der Waals surface area contributed by atoms with Gasteiger partial charge in [-0.05, 0) is 34.5 Å². The Labute approximate surface area is 167 Å². The molecule has 0 saturated carbocycles. The number of alkyl carbamates (subject to hydrolysis) is 1. The highest BCUT2D eigenvalue weighted by Gasteiger charge is 2.29. The molecule has 0 aromatic heterocycles. The van der Waals surface area contributed by atoms with Crippen LogP contribution in [-0.4, -0.2) is 29.8 Å². The Morgan fingerprint density at radius 3 is 2.42 bits per heavy atom. The second-order valence-corrected chi connectivity index (χ2v) is 5.61. The number of hydrogen-bond acceptors (Lipinski definition) is 3. The zero-order valence-corrected chi connectivity index (χ0v) is 13.6. The summed E-state index contributed by atoms with van der Waals surface area (Å²) in [4.78, 5) is 24.8. The molecule has 1 aliphatic rings. The van der Waals surface area contributed by atoms with E-state index in [-0.39, 0.29) is 0 Å². The second kappa shape index (κ2) is 7.60. The SMILES string of the molecule is [2H]C([2H])C([2H])(C([2H])([2H])[2H])C([2H])([2H])[C@@]([2H])(C(=O)O)N([2H])C(=O)OCC1c2ccccc2-c2ccccc21. The molecule has 5 nitrogen and oxygen atoms in total. The molecule has 1 amide bonds. The van der Waals surface area contributed by atoms with Gasteiger partial charge in [-0.2, -0.15) is 0 Å². The van der Waals surface area contributed by atoms with Crippen molar-refractivity contribution in [3.63, 3.8) is 0 Å². The fourth-order valence-electron chi connectivity index (χ4n) is 2.97. The Hall–Kier alpha value is -2.82. The van der Waals surface area contributed by atoms with Gasteiger partial charge in [0.15, 0.2) is 1.41 Å². The van der Waals surface area contributed by atoms with Gasteiger partial charge in [0.05, 0.1) is 1.37 Å². The molecule has 0 radical (unpaired) electrons. The molecule has 2 N–H and O–H groups in total. The molecule has 0 saturated heterocycles. The molecule has 0 heterocycles. The van der Waals surface area contributed by atoms with Crippen LogP contribution in [-0.2, 0) is 9.53 Å². The summed E-state index contributed by atoms with van der Waals surface area (Å²) < 4.78 is 82.8. The maximum Gasteiger partial charge on any atom is 0.407 e. The molecule has 136 valence electrons. The molecule has 1 aliphatic carbocycles. The summed E-state index contributed by atoms with van der Waals surface area (Å²) in [5.74, 6) is -6.80. The van der Waals surface area contributed by atoms with E-state index in [9.17, 15) is 14.7 Å². The Morgan fingerprint density at radius 1 is 1.27 bits per heavy atom. The van der Waals surface area contributed by atoms with Crippen molar-refractivity contribution < 1.29 is 33.2 Å². The zero-order chi connectivity index (χ0) is 27.3. The number of carboxylic acid groups (broad SMARTS) is 1. The molecule has 3 rings (SSSR count). The van der Waals surface area contributed by atoms with Crippen LogP contribution in [0.5, 0.6) is 0 Å². The van der Waals surface area contributed by atoms with Crippen LogP contribution in [0.15, 0.2) is 48.5 Å². The zero-order valence-electron chi connectivity index (χ0n) is 23.6. The number of nitrogens with one attached hydrogen (secondary N) is 1. The number of amides is 1. The number of benzene rings is 2. The van der Waals surface area contributed by atoms with E-state index in [1.54, 1.807) is 24.3 Å². The maximum absolute atomic E-state index is 12.7. The van der Waals surface area contributed by atoms with E-state index in [2.05, 4.69) is 0 Å². The van der Waals surface area contributed by atoms with Crippen LogP contribution in [0.1, 0.15) is 49.5 Å². The first-order valence-electron chi connectivity index (χ1n) is 12.9. The van der Waals surface area contributed by atoms with Crippen LogP contribution in [0.4, 0.5) is 4.79 Å². The average Bonchev–Trinajstić information content (AvgIpc) is 3.13. The van der Waals surface area contributed by atoms with Crippen molar-refractivity contribution >= 4 is 12.1 Å². The van der Waals surface area contributed by atoms with Crippen molar-refractivity contribution in [1.29, 1.82) is 0 Å². The lowest BCUT2D eigenvalue weighted by Gasteiger charge is -2.18. The molecule has 0 spiro atoms. The predicted molar refractivity (Wildman–Crippen MR) is 99.1 cm³/mol. The van der Waals surface area contributed by atoms with E-state index in [1.807, 2.05) is 24.3 Å². The summed E-state index contributed by atoms with van der Waals surface area (Å²) in [7, 11) is 0. The summed E-state index contributed by atoms with van der Waals surface area (Å²) >= 11 is 0. The molecule has 5 heteroatoms. The lowest BCUT2D eigenvalue weighted by molar-refractivity contribution is -0.139. The van der Waals surface area contributed by atoms with Gasteiger partial charge in [-0.25, -0.2) is 9.59 Å². The molecular formula is C21H23NO4. The molecule has 1 unspecified atom stereocenters. The summed E-state index contributed by atoms with van der Waals surface area (Å²) in [6, 6.07) is 10.4. The Kier molecular flexibility index (Phi) is 2.69. The average molecular weight is 363 g/mol. The van der Waals surface area contributed by atoms with Gasteiger partial charge in [-0.15, -0.1) is 0 Å². The van der Waals surface area contributed by atoms with Gasteiger partial charge in [-0.1, -0.05) is 62.3 Å². The monoisotopic (exact) mass is 363 g/mol. The van der Waals surface area contributed by atoms with Crippen molar-refractivity contribution in [3.8, 4) is 11.1 Å². The van der Waals surface area contributed by atoms with Gasteiger partial charge >= 0.3 is 12.1 Å². The van der Waals surface area contributed by atoms with Crippen LogP contribution in [0.3, 0.4) is 0 Å². The molecule has 2 aromatic carbocycles. The van der Waals surface area contributed by atoms with E-state index in [0.717, 1.165) is 22.3 Å². The van der Waals surface area contributed by atoms with E-state index in [4.69, 9.17) is 18.5 Å². The predicted octanol–water partition coefficient (Wildman–Crippen LogP) is 4.02. The molecule has 0 fully saturated rings. The van der Waals surface area contributed by atoms with Crippen LogP contribution < -0.4 is 5.31 Å². The van der Waals surface area contributed by atoms with E-state index < -0.39 is 61.9 Å².